The van der Waals surface area contributed by atoms with Crippen molar-refractivity contribution in [2.75, 3.05) is 47.5 Å². The number of likely N-dealkylation sites (N-methyl/N-ethyl adjacent to an activating group) is 1. The molecule has 0 fully saturated rings. The fourth-order valence-electron chi connectivity index (χ4n) is 9.09. The van der Waals surface area contributed by atoms with E-state index in [1.54, 1.807) is 0 Å². The molecule has 0 heterocycles. The Morgan fingerprint density at radius 3 is 0.854 bits per heavy atom. The highest BCUT2D eigenvalue weighted by molar-refractivity contribution is 7.47. The number of phosphoric acid groups is 1. The quantitative estimate of drug-likeness (QED) is 0.0211. The van der Waals surface area contributed by atoms with Gasteiger partial charge in [-0.1, -0.05) is 303 Å². The number of esters is 2. The molecule has 0 amide bonds. The summed E-state index contributed by atoms with van der Waals surface area (Å²) in [4.78, 5) is 35.9. The molecule has 9 nitrogen and oxygen atoms in total. The zero-order valence-electron chi connectivity index (χ0n) is 61.0. The molecule has 0 aliphatic rings. The summed E-state index contributed by atoms with van der Waals surface area (Å²) in [7, 11) is 1.41. The molecule has 2 atom stereocenters. The standard InChI is InChI=1S/C86H134NO8P/c1-6-8-10-12-14-16-18-20-22-24-26-28-30-32-34-36-38-40-41-42-43-44-45-47-49-51-53-55-57-59-61-63-65-67-69-71-73-75-77-79-86(89)95-84(83-94-96(90,91)93-81-80-87(3,4)5)82-92-85(88)78-76-74-72-70-68-66-64-62-60-58-56-54-52-50-48-46-39-37-35-33-31-29-27-25-23-21-19-17-15-13-11-9-7-2/h8-11,14-17,20-23,26-29,32-35,38-40,42-43,45-47,50-53,57,59,63,65,69,71,84H,6-7,12-13,18-19,24-25,30-31,36-37,41,44,48-49,54-56,58,60-62,64,66-68,70,72-83H2,1-5H3/p+1/b10-8-,11-9-,16-14-,17-15-,22-20-,23-21-,28-26-,29-27-,34-32-,35-33-,40-38-,43-42-,46-39-,47-45-,52-50-,53-51-,59-57-,65-63-,71-69-. The van der Waals surface area contributed by atoms with E-state index in [0.717, 1.165) is 161 Å². The molecular weight excluding hydrogens is 1210 g/mol. The van der Waals surface area contributed by atoms with Crippen molar-refractivity contribution in [3.8, 4) is 0 Å². The van der Waals surface area contributed by atoms with Crippen LogP contribution in [0.3, 0.4) is 0 Å². The average molecular weight is 1340 g/mol. The SMILES string of the molecule is CC/C=C\C/C=C\C/C=C\C/C=C\C/C=C\C/C=C\C/C=C\C/C=C\C/C=C\C/C=C\C/C=C\C/C=C\CCCCC(=O)OC(COC(=O)CCCCCCCCCCCCC/C=C\C/C=C\C/C=C\C/C=C\C/C=C\C/C=C\C/C=C\CC)COP(=O)(O)OCC[N+](C)(C)C. The minimum atomic E-state index is -4.43. The van der Waals surface area contributed by atoms with Crippen LogP contribution < -0.4 is 0 Å². The predicted octanol–water partition coefficient (Wildman–Crippen LogP) is 24.9. The molecule has 0 spiro atoms. The fraction of sp³-hybridized carbons (Fsp3) is 0.535. The largest absolute Gasteiger partial charge is 0.472 e. The summed E-state index contributed by atoms with van der Waals surface area (Å²) < 4.78 is 34.7. The van der Waals surface area contributed by atoms with E-state index in [1.807, 2.05) is 21.1 Å². The number of nitrogens with zero attached hydrogens (tertiary/aromatic N) is 1. The van der Waals surface area contributed by atoms with Gasteiger partial charge in [0.25, 0.3) is 0 Å². The minimum absolute atomic E-state index is 0.00982. The lowest BCUT2D eigenvalue weighted by molar-refractivity contribution is -0.870. The number of carbonyl (C=O) groups is 2. The summed E-state index contributed by atoms with van der Waals surface area (Å²) >= 11 is 0. The van der Waals surface area contributed by atoms with Crippen LogP contribution in [0.25, 0.3) is 0 Å². The summed E-state index contributed by atoms with van der Waals surface area (Å²) in [5.74, 6) is -0.869. The van der Waals surface area contributed by atoms with Crippen LogP contribution in [-0.2, 0) is 32.7 Å². The third-order valence-corrected chi connectivity index (χ3v) is 15.7. The smallest absolute Gasteiger partial charge is 0.462 e. The summed E-state index contributed by atoms with van der Waals surface area (Å²) in [6, 6.07) is 0. The molecule has 0 saturated carbocycles. The van der Waals surface area contributed by atoms with E-state index in [4.69, 9.17) is 18.5 Å². The Balaban J connectivity index is 4.22. The molecule has 0 aromatic rings. The number of rotatable bonds is 65. The third-order valence-electron chi connectivity index (χ3n) is 14.7. The molecular formula is C86H135NO8P+. The Hall–Kier alpha value is -5.93. The van der Waals surface area contributed by atoms with Crippen LogP contribution in [0.15, 0.2) is 231 Å². The van der Waals surface area contributed by atoms with Gasteiger partial charge in [-0.15, -0.1) is 0 Å². The van der Waals surface area contributed by atoms with Gasteiger partial charge in [0.05, 0.1) is 27.7 Å². The van der Waals surface area contributed by atoms with Gasteiger partial charge in [-0.2, -0.15) is 0 Å². The van der Waals surface area contributed by atoms with E-state index in [2.05, 4.69) is 245 Å². The second kappa shape index (κ2) is 73.3. The van der Waals surface area contributed by atoms with Gasteiger partial charge < -0.3 is 18.9 Å². The molecule has 10 heteroatoms. The Kier molecular flexibility index (Phi) is 68.8. The van der Waals surface area contributed by atoms with Gasteiger partial charge in [-0.05, 0) is 161 Å². The van der Waals surface area contributed by atoms with Gasteiger partial charge in [-0.3, -0.25) is 18.6 Å². The van der Waals surface area contributed by atoms with Gasteiger partial charge in [0, 0.05) is 12.8 Å². The van der Waals surface area contributed by atoms with E-state index in [9.17, 15) is 19.0 Å². The molecule has 2 unspecified atom stereocenters. The van der Waals surface area contributed by atoms with Crippen molar-refractivity contribution in [3.63, 3.8) is 0 Å². The first-order valence-corrected chi connectivity index (χ1v) is 38.6. The first kappa shape index (κ1) is 90.1. The van der Waals surface area contributed by atoms with Crippen LogP contribution in [0.1, 0.15) is 245 Å². The lowest BCUT2D eigenvalue weighted by Gasteiger charge is -2.24. The molecule has 0 bridgehead atoms. The fourth-order valence-corrected chi connectivity index (χ4v) is 9.84. The maximum atomic E-state index is 12.9. The number of phosphoric ester groups is 1. The maximum absolute atomic E-state index is 12.9. The highest BCUT2D eigenvalue weighted by atomic mass is 31.2. The summed E-state index contributed by atoms with van der Waals surface area (Å²) in [5, 5.41) is 0. The summed E-state index contributed by atoms with van der Waals surface area (Å²) in [6.45, 7) is 4.12. The number of hydrogen-bond donors (Lipinski definition) is 1. The van der Waals surface area contributed by atoms with Crippen molar-refractivity contribution < 1.29 is 42.1 Å². The summed E-state index contributed by atoms with van der Waals surface area (Å²) in [5.41, 5.74) is 0. The van der Waals surface area contributed by atoms with E-state index >= 15 is 0 Å². The molecule has 0 radical (unpaired) electrons. The van der Waals surface area contributed by atoms with Gasteiger partial charge in [0.2, 0.25) is 0 Å². The molecule has 0 aromatic carbocycles. The highest BCUT2D eigenvalue weighted by Crippen LogP contribution is 2.43. The van der Waals surface area contributed by atoms with E-state index in [-0.39, 0.29) is 26.1 Å². The van der Waals surface area contributed by atoms with Crippen molar-refractivity contribution in [1.29, 1.82) is 0 Å². The summed E-state index contributed by atoms with van der Waals surface area (Å²) in [6.07, 6.45) is 119. The maximum Gasteiger partial charge on any atom is 0.472 e. The van der Waals surface area contributed by atoms with E-state index in [0.29, 0.717) is 23.9 Å². The Labute approximate surface area is 588 Å². The number of unbranched alkanes of at least 4 members (excludes halogenated alkanes) is 13. The van der Waals surface area contributed by atoms with Crippen LogP contribution >= 0.6 is 7.82 Å². The molecule has 536 valence electrons. The van der Waals surface area contributed by atoms with Crippen molar-refractivity contribution in [2.45, 2.75) is 251 Å². The van der Waals surface area contributed by atoms with Crippen molar-refractivity contribution in [2.24, 2.45) is 0 Å². The van der Waals surface area contributed by atoms with E-state index in [1.165, 1.54) is 44.9 Å². The molecule has 0 aromatic heterocycles. The van der Waals surface area contributed by atoms with Crippen molar-refractivity contribution in [1.82, 2.24) is 0 Å². The zero-order valence-corrected chi connectivity index (χ0v) is 61.9. The van der Waals surface area contributed by atoms with Crippen molar-refractivity contribution in [3.05, 3.63) is 231 Å². The van der Waals surface area contributed by atoms with Crippen LogP contribution in [-0.4, -0.2) is 74.9 Å². The second-order valence-corrected chi connectivity index (χ2v) is 26.3. The van der Waals surface area contributed by atoms with Crippen LogP contribution in [0.2, 0.25) is 0 Å². The molecule has 0 saturated heterocycles. The lowest BCUT2D eigenvalue weighted by atomic mass is 10.0. The van der Waals surface area contributed by atoms with Gasteiger partial charge in [0.1, 0.15) is 19.8 Å². The average Bonchev–Trinajstić information content (AvgIpc) is 1.98. The third kappa shape index (κ3) is 77.1. The Morgan fingerprint density at radius 2 is 0.562 bits per heavy atom. The van der Waals surface area contributed by atoms with Crippen LogP contribution in [0.4, 0.5) is 0 Å². The lowest BCUT2D eigenvalue weighted by Crippen LogP contribution is -2.37. The number of ether oxygens (including phenoxy) is 2. The number of allylic oxidation sites excluding steroid dienone is 38. The van der Waals surface area contributed by atoms with E-state index < -0.39 is 32.5 Å². The number of hydrogen-bond acceptors (Lipinski definition) is 7. The number of quaternary nitrogens is 1. The monoisotopic (exact) mass is 1340 g/mol. The molecule has 96 heavy (non-hydrogen) atoms. The molecule has 0 aliphatic heterocycles. The van der Waals surface area contributed by atoms with Crippen LogP contribution in [0.5, 0.6) is 0 Å². The van der Waals surface area contributed by atoms with Gasteiger partial charge >= 0.3 is 19.8 Å². The number of carbonyl (C=O) groups excluding carboxylic acids is 2. The molecule has 1 N–H and O–H groups in total. The molecule has 0 aliphatic carbocycles. The zero-order chi connectivity index (χ0) is 69.7. The second-order valence-electron chi connectivity index (χ2n) is 24.9. The normalized spacial score (nSPS) is 14.4. The van der Waals surface area contributed by atoms with Crippen LogP contribution in [0, 0.1) is 0 Å². The Bertz CT molecular complexity index is 2480. The predicted molar refractivity (Wildman–Crippen MR) is 417 cm³/mol. The van der Waals surface area contributed by atoms with Crippen molar-refractivity contribution >= 4 is 19.8 Å². The first-order valence-electron chi connectivity index (χ1n) is 37.1. The first-order chi connectivity index (χ1) is 47.0. The van der Waals surface area contributed by atoms with Gasteiger partial charge in [-0.25, -0.2) is 4.57 Å². The minimum Gasteiger partial charge on any atom is -0.462 e. The van der Waals surface area contributed by atoms with Gasteiger partial charge in [0.15, 0.2) is 6.10 Å². The topological polar surface area (TPSA) is 108 Å². The Morgan fingerprint density at radius 1 is 0.323 bits per heavy atom. The molecule has 0 rings (SSSR count). The highest BCUT2D eigenvalue weighted by Gasteiger charge is 2.27.